The monoisotopic (exact) mass is 347 g/mol. The van der Waals surface area contributed by atoms with Crippen molar-refractivity contribution in [2.75, 3.05) is 13.7 Å². The molecule has 0 aromatic carbocycles. The van der Waals surface area contributed by atoms with Gasteiger partial charge in [-0.1, -0.05) is 11.6 Å². The minimum absolute atomic E-state index is 0.0333. The second-order valence-electron chi connectivity index (χ2n) is 6.28. The van der Waals surface area contributed by atoms with Crippen molar-refractivity contribution in [1.82, 2.24) is 25.1 Å². The predicted octanol–water partition coefficient (Wildman–Crippen LogP) is 2.33. The van der Waals surface area contributed by atoms with E-state index in [1.165, 1.54) is 6.20 Å². The number of hydrogen-bond donors (Lipinski definition) is 1. The summed E-state index contributed by atoms with van der Waals surface area (Å²) in [6, 6.07) is 1.45. The third-order valence-electron chi connectivity index (χ3n) is 4.64. The van der Waals surface area contributed by atoms with E-state index in [9.17, 15) is 4.79 Å². The minimum Gasteiger partial charge on any atom is -0.380 e. The molecule has 2 aliphatic rings. The van der Waals surface area contributed by atoms with Gasteiger partial charge in [0.2, 0.25) is 0 Å². The van der Waals surface area contributed by atoms with Gasteiger partial charge in [0.1, 0.15) is 5.82 Å². The second-order valence-corrected chi connectivity index (χ2v) is 6.68. The number of carbonyl (C=O) groups excluding carboxylic acids is 1. The number of likely N-dealkylation sites (tertiary alicyclic amines) is 1. The molecule has 1 saturated carbocycles. The molecule has 2 aromatic heterocycles. The van der Waals surface area contributed by atoms with E-state index in [1.54, 1.807) is 24.3 Å². The number of ether oxygens (including phenoxy) is 1. The molecule has 0 bridgehead atoms. The fraction of sp³-hybridized carbons (Fsp3) is 0.500. The summed E-state index contributed by atoms with van der Waals surface area (Å²) in [5.74, 6) is 1.89. The highest BCUT2D eigenvalue weighted by atomic mass is 35.5. The van der Waals surface area contributed by atoms with E-state index in [1.807, 2.05) is 0 Å². The summed E-state index contributed by atoms with van der Waals surface area (Å²) in [5.41, 5.74) is 0.440. The van der Waals surface area contributed by atoms with Gasteiger partial charge in [-0.2, -0.15) is 5.10 Å². The highest BCUT2D eigenvalue weighted by Gasteiger charge is 2.40. The first-order valence-corrected chi connectivity index (χ1v) is 8.40. The summed E-state index contributed by atoms with van der Waals surface area (Å²) in [6.45, 7) is 0.498. The lowest BCUT2D eigenvalue weighted by Gasteiger charge is -2.23. The normalized spacial score (nSPS) is 23.7. The molecule has 2 atom stereocenters. The molecular formula is C16H18ClN5O2. The molecule has 2 fully saturated rings. The van der Waals surface area contributed by atoms with Crippen molar-refractivity contribution in [3.05, 3.63) is 40.7 Å². The molecule has 126 valence electrons. The topological polar surface area (TPSA) is 84.0 Å². The Balaban J connectivity index is 1.63. The Morgan fingerprint density at radius 1 is 1.46 bits per heavy atom. The zero-order valence-corrected chi connectivity index (χ0v) is 14.0. The molecule has 0 spiro atoms. The van der Waals surface area contributed by atoms with Crippen molar-refractivity contribution in [3.8, 4) is 0 Å². The maximum absolute atomic E-state index is 13.0. The molecule has 1 saturated heterocycles. The number of rotatable bonds is 4. The number of aromatic nitrogens is 4. The molecule has 1 aliphatic heterocycles. The fourth-order valence-electron chi connectivity index (χ4n) is 3.12. The molecule has 1 amide bonds. The van der Waals surface area contributed by atoms with Crippen LogP contribution in [0, 0.1) is 0 Å². The third kappa shape index (κ3) is 2.78. The molecular weight excluding hydrogens is 330 g/mol. The van der Waals surface area contributed by atoms with Crippen LogP contribution in [0.25, 0.3) is 0 Å². The van der Waals surface area contributed by atoms with Crippen LogP contribution >= 0.6 is 11.6 Å². The Hall–Kier alpha value is -1.99. The summed E-state index contributed by atoms with van der Waals surface area (Å²) >= 11 is 6.14. The summed E-state index contributed by atoms with van der Waals surface area (Å²) in [4.78, 5) is 23.3. The lowest BCUT2D eigenvalue weighted by atomic mass is 10.1. The van der Waals surface area contributed by atoms with Crippen molar-refractivity contribution in [3.63, 3.8) is 0 Å². The Labute approximate surface area is 144 Å². The quantitative estimate of drug-likeness (QED) is 0.917. The highest BCUT2D eigenvalue weighted by molar-refractivity contribution is 6.33. The third-order valence-corrected chi connectivity index (χ3v) is 4.94. The predicted molar refractivity (Wildman–Crippen MR) is 86.8 cm³/mol. The summed E-state index contributed by atoms with van der Waals surface area (Å²) < 4.78 is 5.47. The number of amides is 1. The first-order valence-electron chi connectivity index (χ1n) is 8.03. The van der Waals surface area contributed by atoms with Crippen LogP contribution < -0.4 is 0 Å². The van der Waals surface area contributed by atoms with Crippen LogP contribution in [0.15, 0.2) is 18.5 Å². The van der Waals surface area contributed by atoms with Gasteiger partial charge in [0.15, 0.2) is 5.82 Å². The van der Waals surface area contributed by atoms with Crippen LogP contribution in [0.4, 0.5) is 0 Å². The number of pyridine rings is 1. The number of nitrogens with zero attached hydrogens (tertiary/aromatic N) is 4. The minimum atomic E-state index is -0.188. The van der Waals surface area contributed by atoms with Crippen LogP contribution in [-0.2, 0) is 4.74 Å². The Morgan fingerprint density at radius 2 is 2.29 bits per heavy atom. The lowest BCUT2D eigenvalue weighted by molar-refractivity contribution is 0.0684. The number of hydrogen-bond acceptors (Lipinski definition) is 5. The number of H-pyrrole nitrogens is 1. The zero-order valence-electron chi connectivity index (χ0n) is 13.3. The van der Waals surface area contributed by atoms with Crippen molar-refractivity contribution in [2.24, 2.45) is 0 Å². The van der Waals surface area contributed by atoms with Gasteiger partial charge in [0.05, 0.1) is 22.7 Å². The molecule has 4 rings (SSSR count). The fourth-order valence-corrected chi connectivity index (χ4v) is 3.32. The number of methoxy groups -OCH3 is 1. The SMILES string of the molecule is CO[C@@H]1C[C@@H](c2nc(C3CC3)n[nH]2)N(C(=O)c2ccncc2Cl)C1. The molecule has 0 radical (unpaired) electrons. The number of aromatic amines is 1. The average molecular weight is 348 g/mol. The number of carbonyl (C=O) groups is 1. The Kier molecular flexibility index (Phi) is 3.97. The van der Waals surface area contributed by atoms with Crippen molar-refractivity contribution >= 4 is 17.5 Å². The van der Waals surface area contributed by atoms with Gasteiger partial charge < -0.3 is 9.64 Å². The number of nitrogens with one attached hydrogen (secondary N) is 1. The summed E-state index contributed by atoms with van der Waals surface area (Å²) in [6.07, 6.45) is 5.97. The van der Waals surface area contributed by atoms with Gasteiger partial charge >= 0.3 is 0 Å². The van der Waals surface area contributed by atoms with Gasteiger partial charge in [-0.3, -0.25) is 14.9 Å². The van der Waals surface area contributed by atoms with Crippen LogP contribution in [0.3, 0.4) is 0 Å². The van der Waals surface area contributed by atoms with E-state index in [-0.39, 0.29) is 18.1 Å². The number of halogens is 1. The lowest BCUT2D eigenvalue weighted by Crippen LogP contribution is -2.32. The van der Waals surface area contributed by atoms with Crippen LogP contribution in [0.1, 0.15) is 53.2 Å². The van der Waals surface area contributed by atoms with Gasteiger partial charge in [0, 0.05) is 38.4 Å². The standard InChI is InChI=1S/C16H18ClN5O2/c1-24-10-6-13(15-19-14(20-21-15)9-2-3-9)22(8-10)16(23)11-4-5-18-7-12(11)17/h4-5,7,9-10,13H,2-3,6,8H2,1H3,(H,19,20,21)/t10-,13+/m1/s1. The first-order chi connectivity index (χ1) is 11.7. The summed E-state index contributed by atoms with van der Waals surface area (Å²) in [5, 5.41) is 7.66. The average Bonchev–Trinajstić information content (AvgIpc) is 3.17. The molecule has 3 heterocycles. The van der Waals surface area contributed by atoms with Crippen molar-refractivity contribution < 1.29 is 9.53 Å². The molecule has 2 aromatic rings. The second kappa shape index (κ2) is 6.14. The van der Waals surface area contributed by atoms with Crippen LogP contribution in [0.5, 0.6) is 0 Å². The van der Waals surface area contributed by atoms with E-state index in [4.69, 9.17) is 16.3 Å². The van der Waals surface area contributed by atoms with Gasteiger partial charge in [-0.05, 0) is 18.9 Å². The van der Waals surface area contributed by atoms with Crippen molar-refractivity contribution in [2.45, 2.75) is 37.3 Å². The summed E-state index contributed by atoms with van der Waals surface area (Å²) in [7, 11) is 1.66. The van der Waals surface area contributed by atoms with Crippen molar-refractivity contribution in [1.29, 1.82) is 0 Å². The van der Waals surface area contributed by atoms with Crippen LogP contribution in [0.2, 0.25) is 5.02 Å². The largest absolute Gasteiger partial charge is 0.380 e. The molecule has 24 heavy (non-hydrogen) atoms. The zero-order chi connectivity index (χ0) is 16.7. The Morgan fingerprint density at radius 3 is 3.00 bits per heavy atom. The molecule has 0 unspecified atom stereocenters. The smallest absolute Gasteiger partial charge is 0.256 e. The Bertz CT molecular complexity index is 760. The molecule has 1 N–H and O–H groups in total. The van der Waals surface area contributed by atoms with Gasteiger partial charge in [-0.25, -0.2) is 4.98 Å². The molecule has 7 nitrogen and oxygen atoms in total. The van der Waals surface area contributed by atoms with Gasteiger partial charge in [-0.15, -0.1) is 0 Å². The van der Waals surface area contributed by atoms with Gasteiger partial charge in [0.25, 0.3) is 5.91 Å². The molecule has 1 aliphatic carbocycles. The van der Waals surface area contributed by atoms with Crippen LogP contribution in [-0.4, -0.2) is 50.7 Å². The first kappa shape index (κ1) is 15.5. The van der Waals surface area contributed by atoms with E-state index < -0.39 is 0 Å². The van der Waals surface area contributed by atoms with E-state index in [0.717, 1.165) is 24.5 Å². The van der Waals surface area contributed by atoms with E-state index in [0.29, 0.717) is 29.5 Å². The maximum atomic E-state index is 13.0. The maximum Gasteiger partial charge on any atom is 0.256 e. The van der Waals surface area contributed by atoms with E-state index >= 15 is 0 Å². The highest BCUT2D eigenvalue weighted by Crippen LogP contribution is 2.39. The van der Waals surface area contributed by atoms with E-state index in [2.05, 4.69) is 20.2 Å². The molecule has 8 heteroatoms.